The zero-order chi connectivity index (χ0) is 61.5. The summed E-state index contributed by atoms with van der Waals surface area (Å²) in [5.74, 6) is 0.237. The standard InChI is InChI=1S/C49H34N2.C41H27N/c1-49(2)43-29-32-13-7-6-12-31(32)26-40(43)37-23-22-36(30-44(37)49)51-46-19-11-9-17-39(46)42-28-34(21-25-48(42)51)33-20-24-47-41(27-33)38-16-8-10-18-45(38)50(47)35-14-4-3-5-15-35;1-2-12-32(13-3-1)42-39-17-9-8-15-34(39)38-26-30(21-23-40(38)42)29-20-22-36-37(25-29)33-14-6-7-16-35(33)41(36)31-19-18-27-10-4-5-11-28(27)24-31/h3-30H,1-2H3;1-26,41H. The van der Waals surface area contributed by atoms with Gasteiger partial charge in [0.2, 0.25) is 0 Å². The van der Waals surface area contributed by atoms with Crippen molar-refractivity contribution in [2.45, 2.75) is 25.2 Å². The van der Waals surface area contributed by atoms with Gasteiger partial charge in [-0.3, -0.25) is 0 Å². The minimum atomic E-state index is -0.0983. The van der Waals surface area contributed by atoms with Crippen molar-refractivity contribution < 1.29 is 0 Å². The molecule has 18 aromatic rings. The molecular formula is C90H61N3. The van der Waals surface area contributed by atoms with E-state index < -0.39 is 0 Å². The predicted octanol–water partition coefficient (Wildman–Crippen LogP) is 23.8. The second-order valence-electron chi connectivity index (χ2n) is 26.0. The lowest BCUT2D eigenvalue weighted by atomic mass is 9.81. The van der Waals surface area contributed by atoms with E-state index in [0.717, 1.165) is 0 Å². The summed E-state index contributed by atoms with van der Waals surface area (Å²) in [6.45, 7) is 4.75. The van der Waals surface area contributed by atoms with Gasteiger partial charge in [-0.1, -0.05) is 232 Å². The molecule has 0 saturated carbocycles. The van der Waals surface area contributed by atoms with Crippen molar-refractivity contribution in [1.82, 2.24) is 13.7 Å². The SMILES string of the molecule is CC1(C)c2cc(-n3c4ccccc4c4cc(-c5ccc6c(c5)c5ccccc5n6-c5ccccc5)ccc43)ccc2-c2cc3ccccc3cc21.c1ccc(-n2c3ccccc3c3cc(-c4ccc5c(c4)-c4ccccc4C5c4ccc5ccccc5c4)ccc32)cc1. The summed E-state index contributed by atoms with van der Waals surface area (Å²) in [6.07, 6.45) is 0. The van der Waals surface area contributed by atoms with Crippen LogP contribution in [0.15, 0.2) is 328 Å². The van der Waals surface area contributed by atoms with Gasteiger partial charge >= 0.3 is 0 Å². The van der Waals surface area contributed by atoms with Gasteiger partial charge in [0.05, 0.1) is 33.1 Å². The first-order valence-electron chi connectivity index (χ1n) is 32.5. The fraction of sp³-hybridized carbons (Fsp3) is 0.0444. The summed E-state index contributed by atoms with van der Waals surface area (Å²) in [5.41, 5.74) is 28.1. The fourth-order valence-electron chi connectivity index (χ4n) is 16.1. The second-order valence-corrected chi connectivity index (χ2v) is 26.0. The van der Waals surface area contributed by atoms with Crippen molar-refractivity contribution in [2.24, 2.45) is 0 Å². The number of fused-ring (bicyclic) bond motifs is 17. The van der Waals surface area contributed by atoms with E-state index in [-0.39, 0.29) is 11.3 Å². The van der Waals surface area contributed by atoms with Crippen LogP contribution in [-0.2, 0) is 5.41 Å². The van der Waals surface area contributed by atoms with E-state index in [0.29, 0.717) is 0 Å². The summed E-state index contributed by atoms with van der Waals surface area (Å²) >= 11 is 0. The molecule has 3 heteroatoms. The maximum atomic E-state index is 2.46. The third-order valence-electron chi connectivity index (χ3n) is 20.5. The summed E-state index contributed by atoms with van der Waals surface area (Å²) in [6, 6.07) is 121. The third-order valence-corrected chi connectivity index (χ3v) is 20.5. The maximum absolute atomic E-state index is 2.46. The van der Waals surface area contributed by atoms with Gasteiger partial charge in [0.25, 0.3) is 0 Å². The van der Waals surface area contributed by atoms with E-state index in [4.69, 9.17) is 0 Å². The molecule has 0 N–H and O–H groups in total. The highest BCUT2D eigenvalue weighted by Crippen LogP contribution is 2.52. The maximum Gasteiger partial charge on any atom is 0.0541 e. The minimum Gasteiger partial charge on any atom is -0.309 e. The first-order chi connectivity index (χ1) is 45.9. The van der Waals surface area contributed by atoms with Gasteiger partial charge in [-0.25, -0.2) is 0 Å². The third kappa shape index (κ3) is 8.23. The Kier molecular flexibility index (Phi) is 11.8. The zero-order valence-corrected chi connectivity index (χ0v) is 51.6. The van der Waals surface area contributed by atoms with Crippen molar-refractivity contribution in [3.8, 4) is 61.6 Å². The van der Waals surface area contributed by atoms with Crippen LogP contribution in [0.3, 0.4) is 0 Å². The summed E-state index contributed by atoms with van der Waals surface area (Å²) in [4.78, 5) is 0. The highest BCUT2D eigenvalue weighted by Gasteiger charge is 2.36. The monoisotopic (exact) mass is 1180 g/mol. The minimum absolute atomic E-state index is 0.0983. The number of rotatable bonds is 6. The van der Waals surface area contributed by atoms with E-state index in [9.17, 15) is 0 Å². The molecule has 3 nitrogen and oxygen atoms in total. The summed E-state index contributed by atoms with van der Waals surface area (Å²) < 4.78 is 7.21. The molecule has 3 aromatic heterocycles. The zero-order valence-electron chi connectivity index (χ0n) is 51.6. The molecule has 0 radical (unpaired) electrons. The molecule has 0 amide bonds. The van der Waals surface area contributed by atoms with Crippen molar-refractivity contribution in [2.75, 3.05) is 0 Å². The second kappa shape index (κ2) is 20.6. The number of hydrogen-bond donors (Lipinski definition) is 0. The van der Waals surface area contributed by atoms with Gasteiger partial charge in [0.1, 0.15) is 0 Å². The van der Waals surface area contributed by atoms with E-state index >= 15 is 0 Å². The molecule has 0 saturated heterocycles. The molecule has 0 bridgehead atoms. The van der Waals surface area contributed by atoms with Gasteiger partial charge in [-0.2, -0.15) is 0 Å². The molecule has 436 valence electrons. The van der Waals surface area contributed by atoms with Crippen LogP contribution in [0, 0.1) is 0 Å². The van der Waals surface area contributed by atoms with E-state index in [1.165, 1.54) is 176 Å². The predicted molar refractivity (Wildman–Crippen MR) is 392 cm³/mol. The van der Waals surface area contributed by atoms with Crippen molar-refractivity contribution in [3.05, 3.63) is 355 Å². The summed E-state index contributed by atoms with van der Waals surface area (Å²) in [7, 11) is 0. The Morgan fingerprint density at radius 3 is 1.23 bits per heavy atom. The Morgan fingerprint density at radius 1 is 0.237 bits per heavy atom. The number of nitrogens with zero attached hydrogens (tertiary/aromatic N) is 3. The van der Waals surface area contributed by atoms with Crippen LogP contribution in [0.4, 0.5) is 0 Å². The Labute approximate surface area is 539 Å². The average molecular weight is 1180 g/mol. The average Bonchev–Trinajstić information content (AvgIpc) is 1.62. The van der Waals surface area contributed by atoms with Crippen LogP contribution in [0.5, 0.6) is 0 Å². The van der Waals surface area contributed by atoms with Gasteiger partial charge in [0, 0.05) is 60.7 Å². The highest BCUT2D eigenvalue weighted by atomic mass is 15.0. The van der Waals surface area contributed by atoms with E-state index in [2.05, 4.69) is 355 Å². The van der Waals surface area contributed by atoms with Crippen LogP contribution in [0.25, 0.3) is 149 Å². The van der Waals surface area contributed by atoms with Gasteiger partial charge in [0.15, 0.2) is 0 Å². The Morgan fingerprint density at radius 2 is 0.656 bits per heavy atom. The highest BCUT2D eigenvalue weighted by molar-refractivity contribution is 6.14. The molecule has 1 unspecified atom stereocenters. The molecule has 0 aliphatic heterocycles. The smallest absolute Gasteiger partial charge is 0.0541 e. The van der Waals surface area contributed by atoms with Crippen LogP contribution in [0.1, 0.15) is 47.6 Å². The quantitative estimate of drug-likeness (QED) is 0.158. The molecular weight excluding hydrogens is 1120 g/mol. The molecule has 3 heterocycles. The van der Waals surface area contributed by atoms with Crippen molar-refractivity contribution >= 4 is 87.0 Å². The van der Waals surface area contributed by atoms with Crippen LogP contribution in [0.2, 0.25) is 0 Å². The molecule has 20 rings (SSSR count). The lowest BCUT2D eigenvalue weighted by Crippen LogP contribution is -2.15. The Hall–Kier alpha value is -11.8. The number of benzene rings is 15. The van der Waals surface area contributed by atoms with Crippen LogP contribution in [-0.4, -0.2) is 13.7 Å². The first-order valence-corrected chi connectivity index (χ1v) is 32.5. The first kappa shape index (κ1) is 53.1. The molecule has 1 atom stereocenters. The van der Waals surface area contributed by atoms with Crippen LogP contribution < -0.4 is 0 Å². The van der Waals surface area contributed by atoms with Crippen molar-refractivity contribution in [3.63, 3.8) is 0 Å². The molecule has 0 fully saturated rings. The topological polar surface area (TPSA) is 14.8 Å². The molecule has 0 spiro atoms. The van der Waals surface area contributed by atoms with Gasteiger partial charge in [-0.15, -0.1) is 0 Å². The number of aromatic nitrogens is 3. The number of hydrogen-bond acceptors (Lipinski definition) is 0. The number of para-hydroxylation sites is 5. The molecule has 15 aromatic carbocycles. The fourth-order valence-corrected chi connectivity index (χ4v) is 16.1. The van der Waals surface area contributed by atoms with E-state index in [1.54, 1.807) is 0 Å². The Balaban J connectivity index is 0.000000135. The lowest BCUT2D eigenvalue weighted by molar-refractivity contribution is 0.660. The Bertz CT molecular complexity index is 6090. The molecule has 93 heavy (non-hydrogen) atoms. The summed E-state index contributed by atoms with van der Waals surface area (Å²) in [5, 5.41) is 12.8. The molecule has 2 aliphatic rings. The lowest BCUT2D eigenvalue weighted by Gasteiger charge is -2.22. The van der Waals surface area contributed by atoms with Crippen LogP contribution >= 0.6 is 0 Å². The largest absolute Gasteiger partial charge is 0.309 e. The van der Waals surface area contributed by atoms with Gasteiger partial charge in [-0.05, 0) is 203 Å². The van der Waals surface area contributed by atoms with Crippen molar-refractivity contribution in [1.29, 1.82) is 0 Å². The van der Waals surface area contributed by atoms with Gasteiger partial charge < -0.3 is 13.7 Å². The normalized spacial score (nSPS) is 13.7. The van der Waals surface area contributed by atoms with E-state index in [1.807, 2.05) is 0 Å². The molecule has 2 aliphatic carbocycles.